The number of hydrogen-bond donors (Lipinski definition) is 1. The Morgan fingerprint density at radius 3 is 3.00 bits per heavy atom. The van der Waals surface area contributed by atoms with E-state index in [1.54, 1.807) is 11.8 Å². The van der Waals surface area contributed by atoms with Gasteiger partial charge in [-0.3, -0.25) is 9.69 Å². The van der Waals surface area contributed by atoms with E-state index in [1.807, 2.05) is 0 Å². The summed E-state index contributed by atoms with van der Waals surface area (Å²) in [7, 11) is 0. The molecule has 4 aliphatic rings. The Hall–Kier alpha value is -1.75. The molecule has 2 N–H and O–H groups in total. The van der Waals surface area contributed by atoms with Crippen molar-refractivity contribution >= 4 is 5.91 Å². The van der Waals surface area contributed by atoms with Crippen LogP contribution < -0.4 is 5.73 Å². The summed E-state index contributed by atoms with van der Waals surface area (Å²) in [5.74, 6) is 1.20. The average Bonchev–Trinajstić information content (AvgIpc) is 2.54. The molecule has 1 aromatic heterocycles. The van der Waals surface area contributed by atoms with E-state index < -0.39 is 5.91 Å². The van der Waals surface area contributed by atoms with Crippen molar-refractivity contribution in [1.82, 2.24) is 14.9 Å². The van der Waals surface area contributed by atoms with E-state index in [0.29, 0.717) is 5.41 Å². The molecule has 0 radical (unpaired) electrons. The van der Waals surface area contributed by atoms with Crippen LogP contribution in [0.25, 0.3) is 0 Å². The summed E-state index contributed by atoms with van der Waals surface area (Å²) < 4.78 is 0. The van der Waals surface area contributed by atoms with Crippen LogP contribution in [0.15, 0.2) is 17.8 Å². The fourth-order valence-corrected chi connectivity index (χ4v) is 4.52. The van der Waals surface area contributed by atoms with Crippen LogP contribution in [0.1, 0.15) is 48.6 Å². The first-order valence-corrected chi connectivity index (χ1v) is 8.51. The molecule has 1 amide bonds. The van der Waals surface area contributed by atoms with Gasteiger partial charge in [-0.15, -0.1) is 0 Å². The molecular weight excluding hydrogens is 288 g/mol. The van der Waals surface area contributed by atoms with Crippen LogP contribution >= 0.6 is 0 Å². The Bertz CT molecular complexity index is 694. The maximum absolute atomic E-state index is 11.3. The van der Waals surface area contributed by atoms with Crippen molar-refractivity contribution in [3.63, 3.8) is 0 Å². The summed E-state index contributed by atoms with van der Waals surface area (Å²) in [4.78, 5) is 22.1. The molecular formula is C18H24N4O. The number of hydrogen-bond acceptors (Lipinski definition) is 4. The van der Waals surface area contributed by atoms with Crippen LogP contribution in [0.2, 0.25) is 0 Å². The summed E-state index contributed by atoms with van der Waals surface area (Å²) in [5.41, 5.74) is 9.48. The molecule has 1 fully saturated rings. The molecule has 2 heterocycles. The molecule has 5 rings (SSSR count). The lowest BCUT2D eigenvalue weighted by molar-refractivity contribution is -0.0110. The van der Waals surface area contributed by atoms with Crippen LogP contribution in [0, 0.1) is 17.3 Å². The predicted octanol–water partition coefficient (Wildman–Crippen LogP) is 1.93. The van der Waals surface area contributed by atoms with E-state index >= 15 is 0 Å². The van der Waals surface area contributed by atoms with Gasteiger partial charge in [0.25, 0.3) is 5.91 Å². The van der Waals surface area contributed by atoms with Crippen molar-refractivity contribution in [2.75, 3.05) is 13.1 Å². The van der Waals surface area contributed by atoms with Crippen LogP contribution in [0.5, 0.6) is 0 Å². The minimum atomic E-state index is -0.554. The van der Waals surface area contributed by atoms with Crippen molar-refractivity contribution in [1.29, 1.82) is 0 Å². The van der Waals surface area contributed by atoms with Gasteiger partial charge in [0.05, 0.1) is 5.69 Å². The highest BCUT2D eigenvalue weighted by Gasteiger charge is 2.51. The van der Waals surface area contributed by atoms with Gasteiger partial charge in [-0.2, -0.15) is 0 Å². The van der Waals surface area contributed by atoms with Gasteiger partial charge >= 0.3 is 0 Å². The normalized spacial score (nSPS) is 28.5. The number of nitrogens with zero attached hydrogens (tertiary/aromatic N) is 3. The molecule has 2 bridgehead atoms. The van der Waals surface area contributed by atoms with Crippen LogP contribution in [0.3, 0.4) is 0 Å². The first-order chi connectivity index (χ1) is 10.9. The number of primary amides is 1. The second kappa shape index (κ2) is 5.13. The summed E-state index contributed by atoms with van der Waals surface area (Å²) in [6.07, 6.45) is 7.76. The third-order valence-corrected chi connectivity index (χ3v) is 6.23. The second-order valence-electron chi connectivity index (χ2n) is 7.81. The number of fused-ring (bicyclic) bond motifs is 2. The van der Waals surface area contributed by atoms with Crippen molar-refractivity contribution in [2.45, 2.75) is 39.7 Å². The van der Waals surface area contributed by atoms with E-state index in [0.717, 1.165) is 49.1 Å². The lowest BCUT2D eigenvalue weighted by Crippen LogP contribution is -2.50. The molecule has 1 saturated carbocycles. The van der Waals surface area contributed by atoms with Gasteiger partial charge in [-0.05, 0) is 42.1 Å². The molecule has 1 aliphatic heterocycles. The zero-order valence-electron chi connectivity index (χ0n) is 13.9. The quantitative estimate of drug-likeness (QED) is 0.866. The van der Waals surface area contributed by atoms with Gasteiger partial charge in [-0.25, -0.2) is 9.97 Å². The minimum absolute atomic E-state index is 0.130. The highest BCUT2D eigenvalue weighted by Crippen LogP contribution is 2.59. The van der Waals surface area contributed by atoms with Crippen LogP contribution in [-0.4, -0.2) is 33.9 Å². The second-order valence-corrected chi connectivity index (χ2v) is 7.81. The Labute approximate surface area is 137 Å². The highest BCUT2D eigenvalue weighted by atomic mass is 16.1. The molecule has 0 spiro atoms. The Balaban J connectivity index is 1.49. The molecule has 3 aliphatic carbocycles. The molecule has 5 nitrogen and oxygen atoms in total. The zero-order chi connectivity index (χ0) is 16.2. The number of carbonyl (C=O) groups is 1. The largest absolute Gasteiger partial charge is 0.363 e. The molecule has 23 heavy (non-hydrogen) atoms. The topological polar surface area (TPSA) is 72.1 Å². The lowest BCUT2D eigenvalue weighted by atomic mass is 9.49. The SMILES string of the molecule is CC1(C)C2CC=C(CN3CCc4cnc(C(N)=O)nc4C3)C1C2. The maximum atomic E-state index is 11.3. The van der Waals surface area contributed by atoms with Crippen LogP contribution in [0.4, 0.5) is 0 Å². The van der Waals surface area contributed by atoms with E-state index in [4.69, 9.17) is 5.73 Å². The molecule has 0 aromatic carbocycles. The molecule has 5 heteroatoms. The first kappa shape index (κ1) is 14.8. The molecule has 2 unspecified atom stereocenters. The summed E-state index contributed by atoms with van der Waals surface area (Å²) in [5, 5.41) is 0. The summed E-state index contributed by atoms with van der Waals surface area (Å²) in [6.45, 7) is 7.66. The monoisotopic (exact) mass is 312 g/mol. The van der Waals surface area contributed by atoms with Gasteiger partial charge in [0, 0.05) is 25.8 Å². The molecule has 0 saturated heterocycles. The standard InChI is InChI=1S/C18H24N4O/c1-18(2)13-4-3-12(14(18)7-13)9-22-6-5-11-8-20-17(16(19)23)21-15(11)10-22/h3,8,13-14H,4-7,9-10H2,1-2H3,(H2,19,23). The lowest BCUT2D eigenvalue weighted by Gasteiger charge is -2.57. The molecule has 2 atom stereocenters. The van der Waals surface area contributed by atoms with E-state index in [2.05, 4.69) is 34.8 Å². The van der Waals surface area contributed by atoms with E-state index in [1.165, 1.54) is 12.8 Å². The summed E-state index contributed by atoms with van der Waals surface area (Å²) in [6, 6.07) is 0. The van der Waals surface area contributed by atoms with Gasteiger partial charge < -0.3 is 5.73 Å². The maximum Gasteiger partial charge on any atom is 0.286 e. The number of nitrogens with two attached hydrogens (primary N) is 1. The Kier molecular flexibility index (Phi) is 3.30. The average molecular weight is 312 g/mol. The van der Waals surface area contributed by atoms with E-state index in [9.17, 15) is 4.79 Å². The number of rotatable bonds is 3. The van der Waals surface area contributed by atoms with Gasteiger partial charge in [0.15, 0.2) is 0 Å². The van der Waals surface area contributed by atoms with Crippen molar-refractivity contribution in [2.24, 2.45) is 23.0 Å². The van der Waals surface area contributed by atoms with Crippen molar-refractivity contribution in [3.05, 3.63) is 34.9 Å². The molecule has 1 aromatic rings. The summed E-state index contributed by atoms with van der Waals surface area (Å²) >= 11 is 0. The number of allylic oxidation sites excluding steroid dienone is 1. The number of amides is 1. The van der Waals surface area contributed by atoms with Crippen LogP contribution in [-0.2, 0) is 13.0 Å². The highest BCUT2D eigenvalue weighted by molar-refractivity contribution is 5.88. The minimum Gasteiger partial charge on any atom is -0.363 e. The number of aromatic nitrogens is 2. The molecule has 122 valence electrons. The predicted molar refractivity (Wildman–Crippen MR) is 87.6 cm³/mol. The fourth-order valence-electron chi connectivity index (χ4n) is 4.52. The van der Waals surface area contributed by atoms with Gasteiger partial charge in [0.1, 0.15) is 0 Å². The third kappa shape index (κ3) is 2.38. The van der Waals surface area contributed by atoms with Crippen molar-refractivity contribution < 1.29 is 4.79 Å². The first-order valence-electron chi connectivity index (χ1n) is 8.51. The fraction of sp³-hybridized carbons (Fsp3) is 0.611. The Morgan fingerprint density at radius 1 is 1.48 bits per heavy atom. The van der Waals surface area contributed by atoms with Gasteiger partial charge in [-0.1, -0.05) is 25.5 Å². The third-order valence-electron chi connectivity index (χ3n) is 6.23. The van der Waals surface area contributed by atoms with Crippen molar-refractivity contribution in [3.8, 4) is 0 Å². The number of carbonyl (C=O) groups excluding carboxylic acids is 1. The van der Waals surface area contributed by atoms with E-state index in [-0.39, 0.29) is 5.82 Å². The Morgan fingerprint density at radius 2 is 2.30 bits per heavy atom. The zero-order valence-corrected chi connectivity index (χ0v) is 13.9. The smallest absolute Gasteiger partial charge is 0.286 e. The van der Waals surface area contributed by atoms with Gasteiger partial charge in [0.2, 0.25) is 5.82 Å².